The summed E-state index contributed by atoms with van der Waals surface area (Å²) in [5.74, 6) is -0.0967. The summed E-state index contributed by atoms with van der Waals surface area (Å²) >= 11 is 10.7. The van der Waals surface area contributed by atoms with Gasteiger partial charge in [0, 0.05) is 13.7 Å². The fourth-order valence-corrected chi connectivity index (χ4v) is 2.76. The second-order valence-corrected chi connectivity index (χ2v) is 6.32. The number of hydrogen-bond acceptors (Lipinski definition) is 3. The molecule has 90 valence electrons. The van der Waals surface area contributed by atoms with Crippen molar-refractivity contribution >= 4 is 44.8 Å². The summed E-state index contributed by atoms with van der Waals surface area (Å²) in [6.45, 7) is 2.78. The van der Waals surface area contributed by atoms with E-state index in [4.69, 9.17) is 16.3 Å². The van der Waals surface area contributed by atoms with Crippen LogP contribution in [-0.2, 0) is 4.74 Å². The van der Waals surface area contributed by atoms with Crippen molar-refractivity contribution in [3.8, 4) is 0 Å². The van der Waals surface area contributed by atoms with Crippen LogP contribution in [0.4, 0.5) is 0 Å². The quantitative estimate of drug-likeness (QED) is 0.845. The molecule has 16 heavy (non-hydrogen) atoms. The summed E-state index contributed by atoms with van der Waals surface area (Å²) in [6.07, 6.45) is 0. The molecule has 0 fully saturated rings. The van der Waals surface area contributed by atoms with Crippen LogP contribution < -0.4 is 5.32 Å². The number of methoxy groups -OCH3 is 1. The van der Waals surface area contributed by atoms with Crippen molar-refractivity contribution in [2.75, 3.05) is 20.3 Å². The second-order valence-electron chi connectivity index (χ2n) is 3.33. The highest BCUT2D eigenvalue weighted by Gasteiger charge is 2.12. The Morgan fingerprint density at radius 2 is 2.44 bits per heavy atom. The Kier molecular flexibility index (Phi) is 5.75. The summed E-state index contributed by atoms with van der Waals surface area (Å²) in [5, 5.41) is 2.57. The highest BCUT2D eigenvalue weighted by molar-refractivity contribution is 9.11. The SMILES string of the molecule is COCC(Cl)CNC(=O)c1cc(C)c(Br)s1. The van der Waals surface area contributed by atoms with Gasteiger partial charge in [-0.1, -0.05) is 0 Å². The van der Waals surface area contributed by atoms with Crippen LogP contribution in [0.5, 0.6) is 0 Å². The molecule has 0 aliphatic heterocycles. The van der Waals surface area contributed by atoms with Gasteiger partial charge in [0.05, 0.1) is 20.6 Å². The number of aryl methyl sites for hydroxylation is 1. The van der Waals surface area contributed by atoms with Crippen LogP contribution >= 0.6 is 38.9 Å². The maximum Gasteiger partial charge on any atom is 0.261 e. The van der Waals surface area contributed by atoms with Crippen molar-refractivity contribution in [3.05, 3.63) is 20.3 Å². The summed E-state index contributed by atoms with van der Waals surface area (Å²) < 4.78 is 5.86. The van der Waals surface area contributed by atoms with E-state index in [1.807, 2.05) is 13.0 Å². The number of amides is 1. The molecular formula is C10H13BrClNO2S. The first kappa shape index (κ1) is 14.0. The zero-order valence-electron chi connectivity index (χ0n) is 9.05. The number of carbonyl (C=O) groups excluding carboxylic acids is 1. The molecule has 0 saturated heterocycles. The molecule has 1 amide bonds. The monoisotopic (exact) mass is 325 g/mol. The Labute approximate surface area is 112 Å². The largest absolute Gasteiger partial charge is 0.383 e. The highest BCUT2D eigenvalue weighted by Crippen LogP contribution is 2.27. The Balaban J connectivity index is 2.46. The molecule has 1 aromatic heterocycles. The molecule has 1 atom stereocenters. The van der Waals surface area contributed by atoms with E-state index in [1.165, 1.54) is 11.3 Å². The summed E-state index contributed by atoms with van der Waals surface area (Å²) in [4.78, 5) is 12.4. The van der Waals surface area contributed by atoms with Crippen LogP contribution in [0.25, 0.3) is 0 Å². The molecule has 1 rings (SSSR count). The van der Waals surface area contributed by atoms with Crippen molar-refractivity contribution in [1.82, 2.24) is 5.32 Å². The number of alkyl halides is 1. The number of nitrogens with one attached hydrogen (secondary N) is 1. The van der Waals surface area contributed by atoms with Crippen molar-refractivity contribution < 1.29 is 9.53 Å². The number of carbonyl (C=O) groups is 1. The molecule has 1 heterocycles. The summed E-state index contributed by atoms with van der Waals surface area (Å²) in [5.41, 5.74) is 1.06. The zero-order chi connectivity index (χ0) is 12.1. The van der Waals surface area contributed by atoms with Crippen LogP contribution in [0, 0.1) is 6.92 Å². The third-order valence-corrected chi connectivity index (χ3v) is 4.33. The van der Waals surface area contributed by atoms with Gasteiger partial charge in [-0.25, -0.2) is 0 Å². The minimum atomic E-state index is -0.196. The summed E-state index contributed by atoms with van der Waals surface area (Å²) in [6, 6.07) is 1.85. The molecule has 0 aromatic carbocycles. The van der Waals surface area contributed by atoms with E-state index in [2.05, 4.69) is 21.2 Å². The van der Waals surface area contributed by atoms with E-state index in [-0.39, 0.29) is 11.3 Å². The topological polar surface area (TPSA) is 38.3 Å². The van der Waals surface area contributed by atoms with Crippen molar-refractivity contribution in [3.63, 3.8) is 0 Å². The molecule has 1 N–H and O–H groups in total. The predicted octanol–water partition coefficient (Wildman–Crippen LogP) is 2.80. The highest BCUT2D eigenvalue weighted by atomic mass is 79.9. The molecule has 1 unspecified atom stereocenters. The lowest BCUT2D eigenvalue weighted by atomic mass is 10.3. The van der Waals surface area contributed by atoms with Crippen LogP contribution in [-0.4, -0.2) is 31.5 Å². The van der Waals surface area contributed by atoms with Crippen molar-refractivity contribution in [2.24, 2.45) is 0 Å². The lowest BCUT2D eigenvalue weighted by molar-refractivity contribution is 0.0953. The van der Waals surface area contributed by atoms with E-state index in [1.54, 1.807) is 7.11 Å². The predicted molar refractivity (Wildman–Crippen MR) is 70.6 cm³/mol. The number of rotatable bonds is 5. The number of hydrogen-bond donors (Lipinski definition) is 1. The average Bonchev–Trinajstić information content (AvgIpc) is 2.56. The van der Waals surface area contributed by atoms with Gasteiger partial charge in [-0.15, -0.1) is 22.9 Å². The molecule has 1 aromatic rings. The minimum absolute atomic E-state index is 0.0967. The maximum atomic E-state index is 11.7. The van der Waals surface area contributed by atoms with Crippen LogP contribution in [0.3, 0.4) is 0 Å². The number of halogens is 2. The van der Waals surface area contributed by atoms with Gasteiger partial charge in [-0.3, -0.25) is 4.79 Å². The Bertz CT molecular complexity index is 350. The molecule has 0 aliphatic rings. The first-order valence-electron chi connectivity index (χ1n) is 4.71. The lowest BCUT2D eigenvalue weighted by Crippen LogP contribution is -2.31. The molecule has 0 spiro atoms. The van der Waals surface area contributed by atoms with Gasteiger partial charge in [-0.05, 0) is 34.5 Å². The van der Waals surface area contributed by atoms with E-state index in [0.717, 1.165) is 9.35 Å². The fraction of sp³-hybridized carbons (Fsp3) is 0.500. The van der Waals surface area contributed by atoms with Crippen molar-refractivity contribution in [1.29, 1.82) is 0 Å². The number of thiophene rings is 1. The van der Waals surface area contributed by atoms with Gasteiger partial charge in [0.15, 0.2) is 0 Å². The van der Waals surface area contributed by atoms with E-state index in [0.29, 0.717) is 18.0 Å². The first-order chi connectivity index (χ1) is 7.54. The second kappa shape index (κ2) is 6.59. The average molecular weight is 327 g/mol. The molecule has 6 heteroatoms. The van der Waals surface area contributed by atoms with E-state index in [9.17, 15) is 4.79 Å². The molecule has 0 bridgehead atoms. The minimum Gasteiger partial charge on any atom is -0.383 e. The van der Waals surface area contributed by atoms with Crippen molar-refractivity contribution in [2.45, 2.75) is 12.3 Å². The normalized spacial score (nSPS) is 12.5. The standard InChI is InChI=1S/C10H13BrClNO2S/c1-6-3-8(16-9(6)11)10(14)13-4-7(12)5-15-2/h3,7H,4-5H2,1-2H3,(H,13,14). The van der Waals surface area contributed by atoms with Crippen LogP contribution in [0.2, 0.25) is 0 Å². The van der Waals surface area contributed by atoms with Gasteiger partial charge >= 0.3 is 0 Å². The summed E-state index contributed by atoms with van der Waals surface area (Å²) in [7, 11) is 1.58. The molecule has 0 saturated carbocycles. The smallest absolute Gasteiger partial charge is 0.261 e. The fourth-order valence-electron chi connectivity index (χ4n) is 1.10. The lowest BCUT2D eigenvalue weighted by Gasteiger charge is -2.08. The van der Waals surface area contributed by atoms with Gasteiger partial charge < -0.3 is 10.1 Å². The Hall–Kier alpha value is -0.100. The Morgan fingerprint density at radius 3 is 2.94 bits per heavy atom. The zero-order valence-corrected chi connectivity index (χ0v) is 12.2. The van der Waals surface area contributed by atoms with Gasteiger partial charge in [-0.2, -0.15) is 0 Å². The molecule has 0 radical (unpaired) electrons. The van der Waals surface area contributed by atoms with E-state index < -0.39 is 0 Å². The third-order valence-electron chi connectivity index (χ3n) is 1.91. The van der Waals surface area contributed by atoms with Gasteiger partial charge in [0.25, 0.3) is 5.91 Å². The third kappa shape index (κ3) is 4.05. The van der Waals surface area contributed by atoms with Crippen LogP contribution in [0.1, 0.15) is 15.2 Å². The Morgan fingerprint density at radius 1 is 1.75 bits per heavy atom. The van der Waals surface area contributed by atoms with Gasteiger partial charge in [0.2, 0.25) is 0 Å². The molecule has 0 aliphatic carbocycles. The molecular weight excluding hydrogens is 314 g/mol. The number of ether oxygens (including phenoxy) is 1. The molecule has 3 nitrogen and oxygen atoms in total. The van der Waals surface area contributed by atoms with Gasteiger partial charge in [0.1, 0.15) is 0 Å². The maximum absolute atomic E-state index is 11.7. The van der Waals surface area contributed by atoms with Crippen LogP contribution in [0.15, 0.2) is 9.85 Å². The van der Waals surface area contributed by atoms with E-state index >= 15 is 0 Å². The first-order valence-corrected chi connectivity index (χ1v) is 6.76.